The summed E-state index contributed by atoms with van der Waals surface area (Å²) < 4.78 is 28.6. The van der Waals surface area contributed by atoms with Gasteiger partial charge in [0.2, 0.25) is 0 Å². The van der Waals surface area contributed by atoms with Crippen LogP contribution in [0.2, 0.25) is 0 Å². The Morgan fingerprint density at radius 2 is 0.537 bits per heavy atom. The number of fused-ring (bicyclic) bond motifs is 15. The number of anilines is 6. The largest absolute Gasteiger partial charge is 0.456 e. The maximum Gasteiger partial charge on any atom is 0.137 e. The molecule has 0 aliphatic rings. The van der Waals surface area contributed by atoms with Crippen molar-refractivity contribution in [3.05, 3.63) is 206 Å². The molecule has 15 aromatic rings. The van der Waals surface area contributed by atoms with Crippen LogP contribution in [0.5, 0.6) is 0 Å². The molecular formula is C60H34N2O4S. The topological polar surface area (TPSA) is 59.0 Å². The Labute approximate surface area is 385 Å². The van der Waals surface area contributed by atoms with Gasteiger partial charge in [0.05, 0.1) is 0 Å². The van der Waals surface area contributed by atoms with Gasteiger partial charge in [-0.15, -0.1) is 11.3 Å². The van der Waals surface area contributed by atoms with Crippen LogP contribution in [0, 0.1) is 0 Å². The second kappa shape index (κ2) is 13.9. The first-order valence-corrected chi connectivity index (χ1v) is 23.2. The normalized spacial score (nSPS) is 12.2. The highest BCUT2D eigenvalue weighted by molar-refractivity contribution is 7.26. The van der Waals surface area contributed by atoms with E-state index in [0.29, 0.717) is 0 Å². The first-order valence-electron chi connectivity index (χ1n) is 22.4. The molecule has 5 heterocycles. The molecule has 0 unspecified atom stereocenters. The van der Waals surface area contributed by atoms with Crippen molar-refractivity contribution in [3.8, 4) is 0 Å². The molecule has 0 saturated heterocycles. The van der Waals surface area contributed by atoms with Gasteiger partial charge in [0.15, 0.2) is 0 Å². The molecule has 314 valence electrons. The minimum absolute atomic E-state index is 0.831. The fourth-order valence-corrected chi connectivity index (χ4v) is 11.5. The predicted octanol–water partition coefficient (Wildman–Crippen LogP) is 18.6. The van der Waals surface area contributed by atoms with Crippen LogP contribution in [0.1, 0.15) is 0 Å². The molecule has 6 nitrogen and oxygen atoms in total. The van der Waals surface area contributed by atoms with Crippen molar-refractivity contribution in [2.45, 2.75) is 0 Å². The highest BCUT2D eigenvalue weighted by Crippen LogP contribution is 2.46. The van der Waals surface area contributed by atoms with Crippen molar-refractivity contribution < 1.29 is 17.7 Å². The zero-order chi connectivity index (χ0) is 43.7. The number of nitrogens with zero attached hydrogens (tertiary/aromatic N) is 2. The van der Waals surface area contributed by atoms with Crippen molar-refractivity contribution in [2.75, 3.05) is 9.80 Å². The standard InChI is InChI=1S/C60H34N2O4S/c1-3-11-35(12-4-1)61(37-19-23-43-41-15-7-9-17-51(41)63-53(43)27-37)39-21-25-45-47-33-59-49(31-57(47)65-55(45)29-39)50-32-58-48(34-60(50)67-59)46-26-22-40(30-56(46)66-58)62(36-13-5-2-6-14-36)38-20-24-44-42-16-8-10-18-52(42)64-54(44)28-38/h1-34H. The Morgan fingerprint density at radius 1 is 0.224 bits per heavy atom. The number of rotatable bonds is 6. The molecule has 0 bridgehead atoms. The minimum atomic E-state index is 0.831. The zero-order valence-electron chi connectivity index (χ0n) is 35.6. The predicted molar refractivity (Wildman–Crippen MR) is 278 cm³/mol. The van der Waals surface area contributed by atoms with E-state index >= 15 is 0 Å². The Bertz CT molecular complexity index is 4190. The monoisotopic (exact) mass is 878 g/mol. The summed E-state index contributed by atoms with van der Waals surface area (Å²) in [6.07, 6.45) is 0. The lowest BCUT2D eigenvalue weighted by Gasteiger charge is -2.25. The Balaban J connectivity index is 0.823. The lowest BCUT2D eigenvalue weighted by Crippen LogP contribution is -2.09. The molecule has 0 atom stereocenters. The molecule has 67 heavy (non-hydrogen) atoms. The van der Waals surface area contributed by atoms with Gasteiger partial charge in [0.25, 0.3) is 0 Å². The van der Waals surface area contributed by atoms with Crippen molar-refractivity contribution >= 4 is 153 Å². The summed E-state index contributed by atoms with van der Waals surface area (Å²) in [5.74, 6) is 0. The highest BCUT2D eigenvalue weighted by atomic mass is 32.1. The number of furan rings is 4. The Kier molecular flexibility index (Phi) is 7.56. The van der Waals surface area contributed by atoms with Gasteiger partial charge >= 0.3 is 0 Å². The molecule has 5 aromatic heterocycles. The van der Waals surface area contributed by atoms with Crippen molar-refractivity contribution in [1.29, 1.82) is 0 Å². The smallest absolute Gasteiger partial charge is 0.137 e. The molecule has 0 aliphatic heterocycles. The summed E-state index contributed by atoms with van der Waals surface area (Å²) in [5, 5.41) is 11.1. The van der Waals surface area contributed by atoms with Gasteiger partial charge in [0, 0.05) is 122 Å². The van der Waals surface area contributed by atoms with Gasteiger partial charge < -0.3 is 27.5 Å². The van der Waals surface area contributed by atoms with Gasteiger partial charge in [0.1, 0.15) is 44.7 Å². The van der Waals surface area contributed by atoms with E-state index < -0.39 is 0 Å². The lowest BCUT2D eigenvalue weighted by molar-refractivity contribution is 0.668. The third kappa shape index (κ3) is 5.56. The molecule has 7 heteroatoms. The third-order valence-electron chi connectivity index (χ3n) is 13.4. The molecule has 0 amide bonds. The molecule has 0 saturated carbocycles. The molecule has 15 rings (SSSR count). The van der Waals surface area contributed by atoms with E-state index in [0.717, 1.165) is 133 Å². The minimum Gasteiger partial charge on any atom is -0.456 e. The van der Waals surface area contributed by atoms with E-state index in [1.165, 1.54) is 9.40 Å². The first-order chi connectivity index (χ1) is 33.1. The average Bonchev–Trinajstić information content (AvgIpc) is 4.19. The number of para-hydroxylation sites is 4. The lowest BCUT2D eigenvalue weighted by atomic mass is 10.1. The number of benzene rings is 10. The first kappa shape index (κ1) is 36.5. The van der Waals surface area contributed by atoms with Crippen LogP contribution in [0.4, 0.5) is 34.1 Å². The van der Waals surface area contributed by atoms with Crippen molar-refractivity contribution in [2.24, 2.45) is 0 Å². The zero-order valence-corrected chi connectivity index (χ0v) is 36.4. The SMILES string of the molecule is c1ccc(N(c2ccc3c(c2)oc2ccccc23)c2ccc3c(c2)oc2cc4c(cc23)sc2cc3c(cc24)oc2cc(N(c4ccccc4)c4ccc5c(c4)oc4ccccc45)ccc23)cc1. The van der Waals surface area contributed by atoms with Crippen LogP contribution in [0.25, 0.3) is 108 Å². The molecule has 0 fully saturated rings. The summed E-state index contributed by atoms with van der Waals surface area (Å²) in [5.41, 5.74) is 12.9. The third-order valence-corrected chi connectivity index (χ3v) is 14.5. The van der Waals surface area contributed by atoms with Crippen LogP contribution in [0.3, 0.4) is 0 Å². The maximum atomic E-state index is 6.76. The van der Waals surface area contributed by atoms with E-state index in [1.807, 2.05) is 47.7 Å². The molecule has 0 N–H and O–H groups in total. The molecule has 0 aliphatic carbocycles. The number of thiophene rings is 1. The Morgan fingerprint density at radius 3 is 0.940 bits per heavy atom. The van der Waals surface area contributed by atoms with Gasteiger partial charge in [-0.2, -0.15) is 0 Å². The average molecular weight is 879 g/mol. The number of hydrogen-bond acceptors (Lipinski definition) is 7. The Hall–Kier alpha value is -8.78. The fraction of sp³-hybridized carbons (Fsp3) is 0. The highest BCUT2D eigenvalue weighted by Gasteiger charge is 2.21. The van der Waals surface area contributed by atoms with Crippen LogP contribution in [-0.4, -0.2) is 0 Å². The molecule has 0 radical (unpaired) electrons. The van der Waals surface area contributed by atoms with Gasteiger partial charge in [-0.3, -0.25) is 0 Å². The van der Waals surface area contributed by atoms with Crippen molar-refractivity contribution in [3.63, 3.8) is 0 Å². The van der Waals surface area contributed by atoms with Crippen molar-refractivity contribution in [1.82, 2.24) is 0 Å². The molecule has 0 spiro atoms. The van der Waals surface area contributed by atoms with E-state index in [4.69, 9.17) is 17.7 Å². The number of hydrogen-bond donors (Lipinski definition) is 0. The summed E-state index contributed by atoms with van der Waals surface area (Å²) in [4.78, 5) is 4.51. The van der Waals surface area contributed by atoms with Gasteiger partial charge in [-0.25, -0.2) is 0 Å². The molecule has 10 aromatic carbocycles. The van der Waals surface area contributed by atoms with Crippen LogP contribution < -0.4 is 9.80 Å². The van der Waals surface area contributed by atoms with E-state index in [9.17, 15) is 0 Å². The summed E-state index contributed by atoms with van der Waals surface area (Å²) in [6.45, 7) is 0. The summed E-state index contributed by atoms with van der Waals surface area (Å²) in [6, 6.07) is 72.2. The fourth-order valence-electron chi connectivity index (χ4n) is 10.3. The van der Waals surface area contributed by atoms with Crippen LogP contribution in [0.15, 0.2) is 224 Å². The van der Waals surface area contributed by atoms with Gasteiger partial charge in [-0.05, 0) is 109 Å². The van der Waals surface area contributed by atoms with Crippen LogP contribution >= 0.6 is 11.3 Å². The quantitative estimate of drug-likeness (QED) is 0.166. The van der Waals surface area contributed by atoms with Crippen LogP contribution in [-0.2, 0) is 0 Å². The second-order valence-corrected chi connectivity index (χ2v) is 18.3. The summed E-state index contributed by atoms with van der Waals surface area (Å²) >= 11 is 1.81. The second-order valence-electron chi connectivity index (χ2n) is 17.3. The van der Waals surface area contributed by atoms with E-state index in [1.54, 1.807) is 0 Å². The van der Waals surface area contributed by atoms with E-state index in [2.05, 4.69) is 180 Å². The summed E-state index contributed by atoms with van der Waals surface area (Å²) in [7, 11) is 0. The van der Waals surface area contributed by atoms with Gasteiger partial charge in [-0.1, -0.05) is 72.8 Å². The van der Waals surface area contributed by atoms with E-state index in [-0.39, 0.29) is 0 Å². The molecular weight excluding hydrogens is 845 g/mol. The maximum absolute atomic E-state index is 6.76.